The highest BCUT2D eigenvalue weighted by molar-refractivity contribution is 5.97. The van der Waals surface area contributed by atoms with Crippen LogP contribution in [0.2, 0.25) is 0 Å². The second-order valence-electron chi connectivity index (χ2n) is 7.92. The van der Waals surface area contributed by atoms with Crippen molar-refractivity contribution >= 4 is 23.4 Å². The number of carbonyl (C=O) groups excluding carboxylic acids is 3. The maximum Gasteiger partial charge on any atom is 0.267 e. The molecule has 0 aromatic heterocycles. The molecule has 1 saturated heterocycles. The van der Waals surface area contributed by atoms with Crippen molar-refractivity contribution < 1.29 is 19.6 Å². The average molecular weight is 474 g/mol. The molecular formula is C26H27N5O4. The van der Waals surface area contributed by atoms with E-state index in [9.17, 15) is 14.4 Å². The van der Waals surface area contributed by atoms with Crippen LogP contribution in [0.25, 0.3) is 0 Å². The van der Waals surface area contributed by atoms with E-state index in [2.05, 4.69) is 39.2 Å². The Morgan fingerprint density at radius 1 is 0.943 bits per heavy atom. The Balaban J connectivity index is 1.51. The zero-order valence-electron chi connectivity index (χ0n) is 19.1. The van der Waals surface area contributed by atoms with Gasteiger partial charge in [-0.15, -0.1) is 0 Å². The first kappa shape index (κ1) is 25.5. The fourth-order valence-corrected chi connectivity index (χ4v) is 3.44. The van der Waals surface area contributed by atoms with Gasteiger partial charge in [0, 0.05) is 28.9 Å². The molecule has 1 atom stereocenters. The minimum atomic E-state index is -1.04. The molecule has 0 spiro atoms. The van der Waals surface area contributed by atoms with Crippen LogP contribution in [-0.2, 0) is 9.59 Å². The molecule has 3 amide bonds. The van der Waals surface area contributed by atoms with E-state index < -0.39 is 17.9 Å². The summed E-state index contributed by atoms with van der Waals surface area (Å²) in [6.07, 6.45) is 2.30. The number of anilines is 1. The molecule has 1 fully saturated rings. The number of nitrogens with zero attached hydrogens (tertiary/aromatic N) is 1. The molecule has 1 aliphatic heterocycles. The number of likely N-dealkylation sites (tertiary alicyclic amines) is 1. The minimum Gasteiger partial charge on any atom is -0.339 e. The van der Waals surface area contributed by atoms with Crippen molar-refractivity contribution in [1.29, 1.82) is 0 Å². The molecule has 180 valence electrons. The van der Waals surface area contributed by atoms with E-state index in [1.807, 2.05) is 24.3 Å². The van der Waals surface area contributed by atoms with Crippen LogP contribution in [0.3, 0.4) is 0 Å². The van der Waals surface area contributed by atoms with Gasteiger partial charge in [0.25, 0.3) is 11.8 Å². The lowest BCUT2D eigenvalue weighted by atomic mass is 10.1. The van der Waals surface area contributed by atoms with Crippen molar-refractivity contribution in [3.8, 4) is 23.7 Å². The highest BCUT2D eigenvalue weighted by atomic mass is 16.5. The first-order valence-electron chi connectivity index (χ1n) is 11.2. The van der Waals surface area contributed by atoms with Crippen LogP contribution in [0.5, 0.6) is 0 Å². The van der Waals surface area contributed by atoms with Crippen LogP contribution < -0.4 is 21.8 Å². The third-order valence-corrected chi connectivity index (χ3v) is 5.33. The van der Waals surface area contributed by atoms with Gasteiger partial charge in [0.15, 0.2) is 0 Å². The van der Waals surface area contributed by atoms with Crippen LogP contribution in [-0.4, -0.2) is 60.0 Å². The van der Waals surface area contributed by atoms with Gasteiger partial charge in [0.05, 0.1) is 6.54 Å². The third kappa shape index (κ3) is 7.98. The van der Waals surface area contributed by atoms with E-state index in [-0.39, 0.29) is 12.5 Å². The molecule has 35 heavy (non-hydrogen) atoms. The van der Waals surface area contributed by atoms with Crippen molar-refractivity contribution in [1.82, 2.24) is 15.7 Å². The van der Waals surface area contributed by atoms with Crippen molar-refractivity contribution in [2.24, 2.45) is 5.73 Å². The molecule has 0 radical (unpaired) electrons. The standard InChI is InChI=1S/C26H27N5O4/c27-17-23(26(34)30-35)29-25(33)21-11-7-19(8-12-21)5-1-2-6-20-9-13-22(14-10-20)28-24(32)18-31-15-3-4-16-31/h7-14,23,35H,3-4,15-18,27H2,(H,28,32)(H,29,33)(H,30,34)/t23-/m0/s1. The summed E-state index contributed by atoms with van der Waals surface area (Å²) in [6.45, 7) is 2.21. The lowest BCUT2D eigenvalue weighted by Crippen LogP contribution is -2.50. The lowest BCUT2D eigenvalue weighted by Gasteiger charge is -2.14. The van der Waals surface area contributed by atoms with Gasteiger partial charge in [0.2, 0.25) is 5.91 Å². The van der Waals surface area contributed by atoms with Crippen LogP contribution in [0.1, 0.15) is 34.3 Å². The predicted molar refractivity (Wildman–Crippen MR) is 131 cm³/mol. The van der Waals surface area contributed by atoms with Crippen LogP contribution in [0.4, 0.5) is 5.69 Å². The van der Waals surface area contributed by atoms with Crippen molar-refractivity contribution in [2.45, 2.75) is 18.9 Å². The van der Waals surface area contributed by atoms with E-state index >= 15 is 0 Å². The molecule has 0 unspecified atom stereocenters. The van der Waals surface area contributed by atoms with Crippen LogP contribution >= 0.6 is 0 Å². The maximum absolute atomic E-state index is 12.2. The number of nitrogens with one attached hydrogen (secondary N) is 3. The summed E-state index contributed by atoms with van der Waals surface area (Å²) in [5.74, 6) is 10.1. The molecule has 9 nitrogen and oxygen atoms in total. The number of hydrogen-bond donors (Lipinski definition) is 5. The maximum atomic E-state index is 12.2. The number of hydrogen-bond acceptors (Lipinski definition) is 6. The number of hydroxylamine groups is 1. The molecule has 2 aromatic rings. The number of nitrogens with two attached hydrogens (primary N) is 1. The molecule has 6 N–H and O–H groups in total. The zero-order chi connectivity index (χ0) is 25.0. The molecule has 2 aromatic carbocycles. The Labute approximate surface area is 204 Å². The first-order chi connectivity index (χ1) is 17.0. The van der Waals surface area contributed by atoms with E-state index in [1.165, 1.54) is 5.48 Å². The van der Waals surface area contributed by atoms with Gasteiger partial charge >= 0.3 is 0 Å². The largest absolute Gasteiger partial charge is 0.339 e. The van der Waals surface area contributed by atoms with Gasteiger partial charge in [0.1, 0.15) is 6.04 Å². The summed E-state index contributed by atoms with van der Waals surface area (Å²) in [7, 11) is 0. The Morgan fingerprint density at radius 2 is 1.51 bits per heavy atom. The highest BCUT2D eigenvalue weighted by Crippen LogP contribution is 2.11. The lowest BCUT2D eigenvalue weighted by molar-refractivity contribution is -0.130. The van der Waals surface area contributed by atoms with E-state index in [4.69, 9.17) is 10.9 Å². The van der Waals surface area contributed by atoms with Crippen molar-refractivity contribution in [3.63, 3.8) is 0 Å². The van der Waals surface area contributed by atoms with Gasteiger partial charge in [-0.05, 0) is 86.3 Å². The summed E-state index contributed by atoms with van der Waals surface area (Å²) in [5, 5.41) is 14.0. The highest BCUT2D eigenvalue weighted by Gasteiger charge is 2.19. The topological polar surface area (TPSA) is 137 Å². The Bertz CT molecular complexity index is 1160. The van der Waals surface area contributed by atoms with Crippen LogP contribution in [0, 0.1) is 23.7 Å². The smallest absolute Gasteiger partial charge is 0.267 e. The monoisotopic (exact) mass is 473 g/mol. The Kier molecular flexibility index (Phi) is 9.40. The predicted octanol–water partition coefficient (Wildman–Crippen LogP) is 0.687. The normalized spacial score (nSPS) is 13.4. The zero-order valence-corrected chi connectivity index (χ0v) is 19.1. The fraction of sp³-hybridized carbons (Fsp3) is 0.269. The third-order valence-electron chi connectivity index (χ3n) is 5.33. The molecule has 9 heteroatoms. The fourth-order valence-electron chi connectivity index (χ4n) is 3.44. The number of benzene rings is 2. The molecular weight excluding hydrogens is 446 g/mol. The Morgan fingerprint density at radius 3 is 2.06 bits per heavy atom. The van der Waals surface area contributed by atoms with Crippen molar-refractivity contribution in [3.05, 3.63) is 65.2 Å². The van der Waals surface area contributed by atoms with Gasteiger partial charge in [-0.2, -0.15) is 0 Å². The minimum absolute atomic E-state index is 0.0186. The summed E-state index contributed by atoms with van der Waals surface area (Å²) >= 11 is 0. The number of rotatable bonds is 7. The van der Waals surface area contributed by atoms with Gasteiger partial charge < -0.3 is 16.4 Å². The van der Waals surface area contributed by atoms with Crippen molar-refractivity contribution in [2.75, 3.05) is 31.5 Å². The van der Waals surface area contributed by atoms with Gasteiger partial charge in [-0.25, -0.2) is 5.48 Å². The second-order valence-corrected chi connectivity index (χ2v) is 7.92. The molecule has 3 rings (SSSR count). The van der Waals surface area contributed by atoms with Crippen LogP contribution in [0.15, 0.2) is 48.5 Å². The summed E-state index contributed by atoms with van der Waals surface area (Å²) in [4.78, 5) is 37.9. The summed E-state index contributed by atoms with van der Waals surface area (Å²) in [6, 6.07) is 12.7. The molecule has 0 bridgehead atoms. The van der Waals surface area contributed by atoms with E-state index in [0.717, 1.165) is 37.2 Å². The molecule has 1 aliphatic rings. The molecule has 1 heterocycles. The summed E-state index contributed by atoms with van der Waals surface area (Å²) in [5.41, 5.74) is 9.36. The average Bonchev–Trinajstić information content (AvgIpc) is 3.38. The first-order valence-corrected chi connectivity index (χ1v) is 11.2. The molecule has 0 saturated carbocycles. The van der Waals surface area contributed by atoms with Gasteiger partial charge in [-0.1, -0.05) is 11.8 Å². The quantitative estimate of drug-likeness (QED) is 0.228. The summed E-state index contributed by atoms with van der Waals surface area (Å²) < 4.78 is 0. The number of amides is 3. The van der Waals surface area contributed by atoms with E-state index in [0.29, 0.717) is 17.7 Å². The number of carbonyl (C=O) groups is 3. The van der Waals surface area contributed by atoms with E-state index in [1.54, 1.807) is 24.3 Å². The Hall–Kier alpha value is -4.15. The second kappa shape index (κ2) is 12.9. The molecule has 0 aliphatic carbocycles. The SMILES string of the molecule is NC[C@H](NC(=O)c1ccc(C#CC#Cc2ccc(NC(=O)CN3CCCC3)cc2)cc1)C(=O)NO. The van der Waals surface area contributed by atoms with Gasteiger partial charge in [-0.3, -0.25) is 24.5 Å².